The summed E-state index contributed by atoms with van der Waals surface area (Å²) in [6.07, 6.45) is 1.70. The average molecular weight is 328 g/mol. The van der Waals surface area contributed by atoms with E-state index in [1.807, 2.05) is 49.1 Å². The van der Waals surface area contributed by atoms with Crippen LogP contribution in [-0.4, -0.2) is 34.0 Å². The molecule has 2 atom stereocenters. The monoisotopic (exact) mass is 328 g/mol. The summed E-state index contributed by atoms with van der Waals surface area (Å²) in [6, 6.07) is 9.51. The van der Waals surface area contributed by atoms with Gasteiger partial charge in [0, 0.05) is 25.0 Å². The van der Waals surface area contributed by atoms with Gasteiger partial charge >= 0.3 is 0 Å². The van der Waals surface area contributed by atoms with E-state index in [2.05, 4.69) is 10.1 Å². The highest BCUT2D eigenvalue weighted by Crippen LogP contribution is 2.29. The van der Waals surface area contributed by atoms with Crippen molar-refractivity contribution in [2.45, 2.75) is 38.6 Å². The van der Waals surface area contributed by atoms with E-state index >= 15 is 0 Å². The highest BCUT2D eigenvalue weighted by molar-refractivity contribution is 5.79. The molecule has 2 aromatic rings. The molecule has 0 radical (unpaired) electrons. The molecule has 1 amide bonds. The number of aryl methyl sites for hydroxylation is 1. The van der Waals surface area contributed by atoms with Crippen molar-refractivity contribution in [2.24, 2.45) is 11.7 Å². The van der Waals surface area contributed by atoms with Crippen LogP contribution >= 0.6 is 0 Å². The van der Waals surface area contributed by atoms with Crippen molar-refractivity contribution < 1.29 is 9.32 Å². The lowest BCUT2D eigenvalue weighted by atomic mass is 9.91. The van der Waals surface area contributed by atoms with Crippen LogP contribution in [0, 0.1) is 12.8 Å². The van der Waals surface area contributed by atoms with Crippen LogP contribution < -0.4 is 5.73 Å². The zero-order chi connectivity index (χ0) is 17.1. The fraction of sp³-hybridized carbons (Fsp3) is 0.500. The molecular formula is C18H24N4O2. The predicted molar refractivity (Wildman–Crippen MR) is 90.1 cm³/mol. The Morgan fingerprint density at radius 1 is 1.29 bits per heavy atom. The number of carbonyl (C=O) groups excluding carboxylic acids is 1. The molecule has 1 aromatic heterocycles. The van der Waals surface area contributed by atoms with Crippen molar-refractivity contribution in [1.29, 1.82) is 0 Å². The van der Waals surface area contributed by atoms with Crippen molar-refractivity contribution >= 4 is 5.91 Å². The fourth-order valence-electron chi connectivity index (χ4n) is 3.23. The van der Waals surface area contributed by atoms with Gasteiger partial charge in [-0.3, -0.25) is 4.79 Å². The van der Waals surface area contributed by atoms with Gasteiger partial charge in [-0.15, -0.1) is 0 Å². The Kier molecular flexibility index (Phi) is 4.94. The van der Waals surface area contributed by atoms with Crippen molar-refractivity contribution in [3.63, 3.8) is 0 Å². The first-order chi connectivity index (χ1) is 11.6. The standard InChI is InChI=1S/C18H24N4O2/c1-12(16(19)14-6-4-3-5-7-14)18(23)22-10-8-15(9-11-22)17-20-13(2)21-24-17/h3-7,12,15-16H,8-11,19H2,1-2H3. The van der Waals surface area contributed by atoms with Gasteiger partial charge in [0.25, 0.3) is 0 Å². The molecule has 3 rings (SSSR count). The van der Waals surface area contributed by atoms with Gasteiger partial charge in [0.15, 0.2) is 5.82 Å². The topological polar surface area (TPSA) is 85.2 Å². The molecule has 128 valence electrons. The normalized spacial score (nSPS) is 18.4. The number of likely N-dealkylation sites (tertiary alicyclic amines) is 1. The van der Waals surface area contributed by atoms with Crippen molar-refractivity contribution in [1.82, 2.24) is 15.0 Å². The Morgan fingerprint density at radius 3 is 2.54 bits per heavy atom. The Balaban J connectivity index is 1.58. The van der Waals surface area contributed by atoms with Gasteiger partial charge in [-0.2, -0.15) is 4.98 Å². The molecule has 1 aromatic carbocycles. The third-order valence-electron chi connectivity index (χ3n) is 4.81. The van der Waals surface area contributed by atoms with Crippen LogP contribution in [0.2, 0.25) is 0 Å². The van der Waals surface area contributed by atoms with Gasteiger partial charge in [-0.05, 0) is 25.3 Å². The molecule has 1 fully saturated rings. The minimum Gasteiger partial charge on any atom is -0.342 e. The number of nitrogens with two attached hydrogens (primary N) is 1. The molecule has 0 saturated carbocycles. The smallest absolute Gasteiger partial charge is 0.229 e. The van der Waals surface area contributed by atoms with Crippen LogP contribution in [0.4, 0.5) is 0 Å². The summed E-state index contributed by atoms with van der Waals surface area (Å²) >= 11 is 0. The lowest BCUT2D eigenvalue weighted by molar-refractivity contribution is -0.136. The molecule has 2 heterocycles. The SMILES string of the molecule is Cc1noc(C2CCN(C(=O)C(C)C(N)c3ccccc3)CC2)n1. The number of carbonyl (C=O) groups is 1. The second kappa shape index (κ2) is 7.13. The summed E-state index contributed by atoms with van der Waals surface area (Å²) in [5, 5.41) is 3.85. The molecule has 0 bridgehead atoms. The van der Waals surface area contributed by atoms with Gasteiger partial charge in [-0.1, -0.05) is 42.4 Å². The number of rotatable bonds is 4. The van der Waals surface area contributed by atoms with Gasteiger partial charge < -0.3 is 15.2 Å². The number of hydrogen-bond donors (Lipinski definition) is 1. The Bertz CT molecular complexity index is 677. The van der Waals surface area contributed by atoms with Gasteiger partial charge in [-0.25, -0.2) is 0 Å². The minimum atomic E-state index is -0.282. The average Bonchev–Trinajstić information content (AvgIpc) is 3.07. The highest BCUT2D eigenvalue weighted by atomic mass is 16.5. The van der Waals surface area contributed by atoms with Gasteiger partial charge in [0.2, 0.25) is 11.8 Å². The number of aromatic nitrogens is 2. The maximum atomic E-state index is 12.8. The van der Waals surface area contributed by atoms with E-state index in [1.54, 1.807) is 0 Å². The molecule has 0 aliphatic carbocycles. The van der Waals surface area contributed by atoms with Crippen LogP contribution in [0.5, 0.6) is 0 Å². The lowest BCUT2D eigenvalue weighted by Gasteiger charge is -2.33. The zero-order valence-electron chi connectivity index (χ0n) is 14.2. The third-order valence-corrected chi connectivity index (χ3v) is 4.81. The lowest BCUT2D eigenvalue weighted by Crippen LogP contribution is -2.43. The Morgan fingerprint density at radius 2 is 1.96 bits per heavy atom. The van der Waals surface area contributed by atoms with Crippen LogP contribution in [0.15, 0.2) is 34.9 Å². The summed E-state index contributed by atoms with van der Waals surface area (Å²) in [5.74, 6) is 1.47. The predicted octanol–water partition coefficient (Wildman–Crippen LogP) is 2.42. The highest BCUT2D eigenvalue weighted by Gasteiger charge is 2.31. The molecule has 0 spiro atoms. The van der Waals surface area contributed by atoms with E-state index in [-0.39, 0.29) is 23.8 Å². The molecule has 2 N–H and O–H groups in total. The second-order valence-corrected chi connectivity index (χ2v) is 6.50. The molecule has 6 heteroatoms. The van der Waals surface area contributed by atoms with E-state index in [9.17, 15) is 4.79 Å². The number of hydrogen-bond acceptors (Lipinski definition) is 5. The van der Waals surface area contributed by atoms with Crippen LogP contribution in [0.1, 0.15) is 49.0 Å². The van der Waals surface area contributed by atoms with Gasteiger partial charge in [0.05, 0.1) is 5.92 Å². The van der Waals surface area contributed by atoms with E-state index in [1.165, 1.54) is 0 Å². The number of benzene rings is 1. The number of piperidine rings is 1. The van der Waals surface area contributed by atoms with Crippen molar-refractivity contribution in [3.8, 4) is 0 Å². The molecular weight excluding hydrogens is 304 g/mol. The Labute approximate surface area is 142 Å². The summed E-state index contributed by atoms with van der Waals surface area (Å²) in [4.78, 5) is 19.0. The first-order valence-electron chi connectivity index (χ1n) is 8.45. The zero-order valence-corrected chi connectivity index (χ0v) is 14.2. The number of nitrogens with zero attached hydrogens (tertiary/aromatic N) is 3. The maximum Gasteiger partial charge on any atom is 0.229 e. The first-order valence-corrected chi connectivity index (χ1v) is 8.45. The largest absolute Gasteiger partial charge is 0.342 e. The molecule has 24 heavy (non-hydrogen) atoms. The molecule has 1 aliphatic heterocycles. The molecule has 2 unspecified atom stereocenters. The minimum absolute atomic E-state index is 0.117. The van der Waals surface area contributed by atoms with E-state index in [0.29, 0.717) is 24.8 Å². The third kappa shape index (κ3) is 3.48. The van der Waals surface area contributed by atoms with Crippen LogP contribution in [0.3, 0.4) is 0 Å². The summed E-state index contributed by atoms with van der Waals surface area (Å²) in [7, 11) is 0. The van der Waals surface area contributed by atoms with Crippen molar-refractivity contribution in [3.05, 3.63) is 47.6 Å². The summed E-state index contributed by atoms with van der Waals surface area (Å²) < 4.78 is 5.26. The quantitative estimate of drug-likeness (QED) is 0.931. The van der Waals surface area contributed by atoms with Crippen LogP contribution in [0.25, 0.3) is 0 Å². The van der Waals surface area contributed by atoms with Crippen LogP contribution in [-0.2, 0) is 4.79 Å². The second-order valence-electron chi connectivity index (χ2n) is 6.50. The molecule has 6 nitrogen and oxygen atoms in total. The summed E-state index contributed by atoms with van der Waals surface area (Å²) in [6.45, 7) is 5.14. The fourth-order valence-corrected chi connectivity index (χ4v) is 3.23. The first kappa shape index (κ1) is 16.6. The number of amides is 1. The maximum absolute atomic E-state index is 12.8. The van der Waals surface area contributed by atoms with E-state index in [4.69, 9.17) is 10.3 Å². The molecule has 1 aliphatic rings. The molecule has 1 saturated heterocycles. The summed E-state index contributed by atoms with van der Waals surface area (Å²) in [5.41, 5.74) is 7.28. The van der Waals surface area contributed by atoms with E-state index in [0.717, 1.165) is 18.4 Å². The van der Waals surface area contributed by atoms with Crippen molar-refractivity contribution in [2.75, 3.05) is 13.1 Å². The Hall–Kier alpha value is -2.21. The van der Waals surface area contributed by atoms with Gasteiger partial charge in [0.1, 0.15) is 0 Å². The van der Waals surface area contributed by atoms with E-state index < -0.39 is 0 Å².